The average molecular weight is 161 g/mol. The molecular formula is C7H15NO3. The van der Waals surface area contributed by atoms with E-state index in [1.54, 1.807) is 0 Å². The van der Waals surface area contributed by atoms with Crippen molar-refractivity contribution in [2.75, 3.05) is 7.11 Å². The van der Waals surface area contributed by atoms with Crippen LogP contribution in [0.2, 0.25) is 0 Å². The first kappa shape index (κ1) is 10.4. The van der Waals surface area contributed by atoms with Crippen LogP contribution in [0.5, 0.6) is 0 Å². The summed E-state index contributed by atoms with van der Waals surface area (Å²) in [6, 6.07) is 0. The first-order chi connectivity index (χ1) is 5.24. The van der Waals surface area contributed by atoms with Gasteiger partial charge in [-0.05, 0) is 6.42 Å². The topological polar surface area (TPSA) is 61.5 Å². The minimum absolute atomic E-state index is 0.201. The minimum Gasteiger partial charge on any atom is -0.469 e. The molecule has 0 aromatic carbocycles. The molecule has 0 radical (unpaired) electrons. The van der Waals surface area contributed by atoms with Crippen molar-refractivity contribution in [3.8, 4) is 0 Å². The summed E-state index contributed by atoms with van der Waals surface area (Å²) < 4.78 is 4.45. The van der Waals surface area contributed by atoms with E-state index in [0.29, 0.717) is 0 Å². The number of hydrogen-bond donors (Lipinski definition) is 1. The van der Waals surface area contributed by atoms with Crippen LogP contribution in [0.3, 0.4) is 0 Å². The van der Waals surface area contributed by atoms with Crippen LogP contribution in [0.25, 0.3) is 0 Å². The molecule has 0 aliphatic heterocycles. The number of carbonyl (C=O) groups is 1. The molecule has 0 aromatic heterocycles. The summed E-state index contributed by atoms with van der Waals surface area (Å²) in [5.41, 5.74) is 0. The Morgan fingerprint density at radius 2 is 2.27 bits per heavy atom. The van der Waals surface area contributed by atoms with Crippen molar-refractivity contribution in [1.29, 1.82) is 0 Å². The summed E-state index contributed by atoms with van der Waals surface area (Å²) in [4.78, 5) is 15.3. The van der Waals surface area contributed by atoms with Gasteiger partial charge in [-0.3, -0.25) is 4.79 Å². The van der Waals surface area contributed by atoms with Crippen LogP contribution in [0, 0.1) is 0 Å². The fourth-order valence-electron chi connectivity index (χ4n) is 0.809. The normalized spacial score (nSPS) is 12.6. The standard InChI is InChI=1S/C7H15NO3/c1-3-4-6(11-8)5-7(9)10-2/h6H,3-5,8H2,1-2H3. The monoisotopic (exact) mass is 161 g/mol. The Labute approximate surface area is 66.6 Å². The van der Waals surface area contributed by atoms with E-state index in [9.17, 15) is 4.79 Å². The quantitative estimate of drug-likeness (QED) is 0.474. The maximum atomic E-state index is 10.7. The van der Waals surface area contributed by atoms with Crippen LogP contribution < -0.4 is 5.90 Å². The maximum absolute atomic E-state index is 10.7. The van der Waals surface area contributed by atoms with Gasteiger partial charge < -0.3 is 9.57 Å². The van der Waals surface area contributed by atoms with Crippen LogP contribution in [0.4, 0.5) is 0 Å². The van der Waals surface area contributed by atoms with Gasteiger partial charge in [-0.15, -0.1) is 0 Å². The summed E-state index contributed by atoms with van der Waals surface area (Å²) in [5, 5.41) is 0. The van der Waals surface area contributed by atoms with E-state index in [1.165, 1.54) is 7.11 Å². The molecule has 0 amide bonds. The van der Waals surface area contributed by atoms with E-state index in [-0.39, 0.29) is 18.5 Å². The molecule has 0 rings (SSSR count). The van der Waals surface area contributed by atoms with Crippen molar-refractivity contribution in [2.24, 2.45) is 5.90 Å². The third kappa shape index (κ3) is 4.75. The van der Waals surface area contributed by atoms with Gasteiger partial charge in [-0.25, -0.2) is 5.90 Å². The molecule has 0 saturated carbocycles. The molecule has 0 aliphatic rings. The van der Waals surface area contributed by atoms with Crippen molar-refractivity contribution >= 4 is 5.97 Å². The number of carbonyl (C=O) groups excluding carboxylic acids is 1. The van der Waals surface area contributed by atoms with Gasteiger partial charge in [0.1, 0.15) is 0 Å². The Kier molecular flexibility index (Phi) is 5.78. The predicted octanol–water partition coefficient (Wildman–Crippen LogP) is 0.609. The second-order valence-corrected chi connectivity index (χ2v) is 2.33. The number of hydrogen-bond acceptors (Lipinski definition) is 4. The molecule has 2 N–H and O–H groups in total. The van der Waals surface area contributed by atoms with Crippen LogP contribution in [-0.4, -0.2) is 19.2 Å². The number of methoxy groups -OCH3 is 1. The van der Waals surface area contributed by atoms with E-state index < -0.39 is 0 Å². The molecule has 0 fully saturated rings. The molecule has 11 heavy (non-hydrogen) atoms. The Morgan fingerprint density at radius 3 is 2.64 bits per heavy atom. The lowest BCUT2D eigenvalue weighted by molar-refractivity contribution is -0.144. The highest BCUT2D eigenvalue weighted by atomic mass is 16.6. The SMILES string of the molecule is CCCC(CC(=O)OC)ON. The molecule has 4 heteroatoms. The molecule has 1 unspecified atom stereocenters. The highest BCUT2D eigenvalue weighted by Crippen LogP contribution is 2.04. The van der Waals surface area contributed by atoms with E-state index in [1.807, 2.05) is 6.92 Å². The Hall–Kier alpha value is -0.610. The van der Waals surface area contributed by atoms with Crippen molar-refractivity contribution in [3.63, 3.8) is 0 Å². The largest absolute Gasteiger partial charge is 0.469 e. The Morgan fingerprint density at radius 1 is 1.64 bits per heavy atom. The molecule has 66 valence electrons. The van der Waals surface area contributed by atoms with Crippen LogP contribution in [0.1, 0.15) is 26.2 Å². The van der Waals surface area contributed by atoms with Crippen molar-refractivity contribution < 1.29 is 14.4 Å². The zero-order valence-corrected chi connectivity index (χ0v) is 7.00. The van der Waals surface area contributed by atoms with E-state index >= 15 is 0 Å². The Bertz CT molecular complexity index is 116. The molecule has 4 nitrogen and oxygen atoms in total. The summed E-state index contributed by atoms with van der Waals surface area (Å²) in [6.07, 6.45) is 1.76. The molecular weight excluding hydrogens is 146 g/mol. The molecule has 1 atom stereocenters. The third-order valence-electron chi connectivity index (χ3n) is 1.43. The molecule has 0 saturated heterocycles. The summed E-state index contributed by atoms with van der Waals surface area (Å²) in [6.45, 7) is 2.00. The molecule has 0 bridgehead atoms. The van der Waals surface area contributed by atoms with Gasteiger partial charge in [0.25, 0.3) is 0 Å². The lowest BCUT2D eigenvalue weighted by atomic mass is 10.1. The van der Waals surface area contributed by atoms with Gasteiger partial charge in [-0.1, -0.05) is 13.3 Å². The summed E-state index contributed by atoms with van der Waals surface area (Å²) in [5.74, 6) is 4.67. The summed E-state index contributed by atoms with van der Waals surface area (Å²) >= 11 is 0. The average Bonchev–Trinajstić information content (AvgIpc) is 2.03. The lowest BCUT2D eigenvalue weighted by Crippen LogP contribution is -2.21. The first-order valence-electron chi connectivity index (χ1n) is 3.67. The zero-order valence-electron chi connectivity index (χ0n) is 7.00. The molecule has 0 aromatic rings. The number of nitrogens with two attached hydrogens (primary N) is 1. The fraction of sp³-hybridized carbons (Fsp3) is 0.857. The van der Waals surface area contributed by atoms with Gasteiger partial charge in [0.2, 0.25) is 0 Å². The number of ether oxygens (including phenoxy) is 1. The minimum atomic E-state index is -0.283. The van der Waals surface area contributed by atoms with Crippen LogP contribution >= 0.6 is 0 Å². The van der Waals surface area contributed by atoms with Crippen molar-refractivity contribution in [2.45, 2.75) is 32.3 Å². The van der Waals surface area contributed by atoms with E-state index in [0.717, 1.165) is 12.8 Å². The van der Waals surface area contributed by atoms with Gasteiger partial charge >= 0.3 is 5.97 Å². The fourth-order valence-corrected chi connectivity index (χ4v) is 0.809. The van der Waals surface area contributed by atoms with Gasteiger partial charge in [-0.2, -0.15) is 0 Å². The van der Waals surface area contributed by atoms with Gasteiger partial charge in [0.15, 0.2) is 0 Å². The third-order valence-corrected chi connectivity index (χ3v) is 1.43. The Balaban J connectivity index is 3.58. The van der Waals surface area contributed by atoms with E-state index in [2.05, 4.69) is 9.57 Å². The van der Waals surface area contributed by atoms with Crippen LogP contribution in [0.15, 0.2) is 0 Å². The highest BCUT2D eigenvalue weighted by Gasteiger charge is 2.12. The number of rotatable bonds is 5. The smallest absolute Gasteiger partial charge is 0.308 e. The molecule has 0 aliphatic carbocycles. The van der Waals surface area contributed by atoms with E-state index in [4.69, 9.17) is 5.90 Å². The second-order valence-electron chi connectivity index (χ2n) is 2.33. The van der Waals surface area contributed by atoms with Crippen molar-refractivity contribution in [3.05, 3.63) is 0 Å². The van der Waals surface area contributed by atoms with Gasteiger partial charge in [0, 0.05) is 0 Å². The zero-order chi connectivity index (χ0) is 8.69. The van der Waals surface area contributed by atoms with Crippen LogP contribution in [-0.2, 0) is 14.4 Å². The second kappa shape index (κ2) is 6.12. The predicted molar refractivity (Wildman–Crippen MR) is 40.6 cm³/mol. The first-order valence-corrected chi connectivity index (χ1v) is 3.67. The molecule has 0 spiro atoms. The number of esters is 1. The molecule has 0 heterocycles. The highest BCUT2D eigenvalue weighted by molar-refractivity contribution is 5.69. The van der Waals surface area contributed by atoms with Crippen molar-refractivity contribution in [1.82, 2.24) is 0 Å². The maximum Gasteiger partial charge on any atom is 0.308 e. The van der Waals surface area contributed by atoms with Gasteiger partial charge in [0.05, 0.1) is 19.6 Å². The lowest BCUT2D eigenvalue weighted by Gasteiger charge is -2.10. The summed E-state index contributed by atoms with van der Waals surface area (Å²) in [7, 11) is 1.35.